The van der Waals surface area contributed by atoms with Crippen LogP contribution in [0.15, 0.2) is 29.8 Å². The maximum Gasteiger partial charge on any atom is 0.380 e. The first-order valence-corrected chi connectivity index (χ1v) is 12.4. The van der Waals surface area contributed by atoms with Gasteiger partial charge in [-0.1, -0.05) is 32.9 Å². The van der Waals surface area contributed by atoms with E-state index in [2.05, 4.69) is 32.2 Å². The Morgan fingerprint density at radius 3 is 2.80 bits per heavy atom. The molecule has 4 atom stereocenters. The van der Waals surface area contributed by atoms with E-state index in [4.69, 9.17) is 9.32 Å². The lowest BCUT2D eigenvalue weighted by atomic mass is 9.54. The summed E-state index contributed by atoms with van der Waals surface area (Å²) in [7, 11) is -4.02. The molecule has 1 saturated carbocycles. The molecule has 0 heterocycles. The van der Waals surface area contributed by atoms with Gasteiger partial charge < -0.3 is 9.50 Å². The van der Waals surface area contributed by atoms with Gasteiger partial charge in [0.05, 0.1) is 0 Å². The molecule has 3 aliphatic rings. The molecule has 30 heavy (non-hydrogen) atoms. The fourth-order valence-corrected chi connectivity index (χ4v) is 6.43. The number of nitrogens with two attached hydrogens (primary N) is 1. The molecule has 1 aromatic carbocycles. The third-order valence-electron chi connectivity index (χ3n) is 7.41. The predicted octanol–water partition coefficient (Wildman–Crippen LogP) is 3.43. The van der Waals surface area contributed by atoms with Crippen LogP contribution in [0.5, 0.6) is 5.75 Å². The molecule has 164 valence electrons. The Labute approximate surface area is 179 Å². The molecule has 0 unspecified atom stereocenters. The molecular weight excluding hydrogens is 400 g/mol. The number of carbonyl (C=O) groups excluding carboxylic acids is 1. The van der Waals surface area contributed by atoms with Crippen LogP contribution < -0.4 is 14.6 Å². The van der Waals surface area contributed by atoms with Gasteiger partial charge in [0, 0.05) is 17.5 Å². The van der Waals surface area contributed by atoms with Crippen LogP contribution >= 0.6 is 0 Å². The average Bonchev–Trinajstić information content (AvgIpc) is 3.01. The number of hydrogen-bond acceptors (Lipinski definition) is 4. The first-order chi connectivity index (χ1) is 14.1. The molecule has 3 N–H and O–H groups in total. The van der Waals surface area contributed by atoms with Gasteiger partial charge in [-0.05, 0) is 79.0 Å². The van der Waals surface area contributed by atoms with Crippen molar-refractivity contribution in [3.63, 3.8) is 0 Å². The van der Waals surface area contributed by atoms with Gasteiger partial charge >= 0.3 is 10.3 Å². The van der Waals surface area contributed by atoms with Gasteiger partial charge in [0.15, 0.2) is 0 Å². The summed E-state index contributed by atoms with van der Waals surface area (Å²) < 4.78 is 27.4. The average molecular weight is 433 g/mol. The Morgan fingerprint density at radius 1 is 1.33 bits per heavy atom. The van der Waals surface area contributed by atoms with E-state index >= 15 is 0 Å². The van der Waals surface area contributed by atoms with Gasteiger partial charge in [0.1, 0.15) is 5.75 Å². The van der Waals surface area contributed by atoms with Gasteiger partial charge in [-0.3, -0.25) is 4.79 Å². The number of nitrogens with one attached hydrogen (secondary N) is 1. The van der Waals surface area contributed by atoms with Crippen molar-refractivity contribution in [2.75, 3.05) is 6.54 Å². The number of amides is 1. The number of allylic oxidation sites excluding steroid dienone is 1. The minimum Gasteiger partial charge on any atom is -0.371 e. The van der Waals surface area contributed by atoms with Gasteiger partial charge in [0.25, 0.3) is 0 Å². The molecule has 0 aromatic heterocycles. The van der Waals surface area contributed by atoms with Gasteiger partial charge in [-0.25, -0.2) is 0 Å². The smallest absolute Gasteiger partial charge is 0.371 e. The summed E-state index contributed by atoms with van der Waals surface area (Å²) in [5.41, 5.74) is 3.38. The predicted molar refractivity (Wildman–Crippen MR) is 116 cm³/mol. The maximum absolute atomic E-state index is 12.9. The largest absolute Gasteiger partial charge is 0.380 e. The molecule has 0 saturated heterocycles. The summed E-state index contributed by atoms with van der Waals surface area (Å²) in [4.78, 5) is 12.9. The summed E-state index contributed by atoms with van der Waals surface area (Å²) in [5.74, 6) is 2.28. The topological polar surface area (TPSA) is 98.5 Å². The zero-order valence-electron chi connectivity index (χ0n) is 18.0. The zero-order chi connectivity index (χ0) is 21.7. The highest BCUT2D eigenvalue weighted by Gasteiger charge is 2.53. The van der Waals surface area contributed by atoms with Crippen molar-refractivity contribution in [2.45, 2.75) is 58.8 Å². The summed E-state index contributed by atoms with van der Waals surface area (Å²) in [6.07, 6.45) is 7.11. The van der Waals surface area contributed by atoms with E-state index in [9.17, 15) is 13.2 Å². The monoisotopic (exact) mass is 432 g/mol. The first kappa shape index (κ1) is 21.4. The molecule has 0 spiro atoms. The van der Waals surface area contributed by atoms with E-state index in [1.54, 1.807) is 6.07 Å². The SMILES string of the molecule is CC(C)CNC(=O)C1=CC[C@H]2[C@@H]3CCc4cc(OS(N)(=O)=O)ccc4[C@H]3CC[C@]12C. The van der Waals surface area contributed by atoms with Gasteiger partial charge in [-0.2, -0.15) is 13.6 Å². The quantitative estimate of drug-likeness (QED) is 0.745. The molecule has 0 aliphatic heterocycles. The van der Waals surface area contributed by atoms with E-state index in [1.165, 1.54) is 5.56 Å². The van der Waals surface area contributed by atoms with Crippen molar-refractivity contribution in [3.8, 4) is 5.75 Å². The van der Waals surface area contributed by atoms with E-state index in [0.717, 1.165) is 43.2 Å². The van der Waals surface area contributed by atoms with Crippen LogP contribution in [0.4, 0.5) is 0 Å². The summed E-state index contributed by atoms with van der Waals surface area (Å²) in [5, 5.41) is 8.12. The van der Waals surface area contributed by atoms with Crippen LogP contribution in [0.3, 0.4) is 0 Å². The minimum absolute atomic E-state index is 0.0591. The second-order valence-electron chi connectivity index (χ2n) is 9.77. The van der Waals surface area contributed by atoms with Crippen LogP contribution in [0.25, 0.3) is 0 Å². The van der Waals surface area contributed by atoms with Crippen LogP contribution in [0, 0.1) is 23.2 Å². The molecule has 0 radical (unpaired) electrons. The number of hydrogen-bond donors (Lipinski definition) is 2. The fraction of sp³-hybridized carbons (Fsp3) is 0.609. The van der Waals surface area contributed by atoms with Crippen LogP contribution in [0.2, 0.25) is 0 Å². The highest BCUT2D eigenvalue weighted by Crippen LogP contribution is 2.61. The number of benzene rings is 1. The number of aryl methyl sites for hydroxylation is 1. The van der Waals surface area contributed by atoms with Crippen molar-refractivity contribution >= 4 is 16.2 Å². The fourth-order valence-electron chi connectivity index (χ4n) is 6.06. The Morgan fingerprint density at radius 2 is 2.10 bits per heavy atom. The van der Waals surface area contributed by atoms with Crippen molar-refractivity contribution in [1.29, 1.82) is 0 Å². The summed E-state index contributed by atoms with van der Waals surface area (Å²) in [6, 6.07) is 5.53. The normalized spacial score (nSPS) is 30.2. The number of carbonyl (C=O) groups is 1. The molecule has 1 aromatic rings. The minimum atomic E-state index is -4.02. The Balaban J connectivity index is 1.54. The Hall–Kier alpha value is -1.86. The molecule has 1 fully saturated rings. The third-order valence-corrected chi connectivity index (χ3v) is 7.83. The van der Waals surface area contributed by atoms with E-state index in [-0.39, 0.29) is 17.1 Å². The highest BCUT2D eigenvalue weighted by molar-refractivity contribution is 7.84. The van der Waals surface area contributed by atoms with Crippen molar-refractivity contribution in [3.05, 3.63) is 41.0 Å². The van der Waals surface area contributed by atoms with E-state index in [0.29, 0.717) is 30.2 Å². The van der Waals surface area contributed by atoms with Crippen molar-refractivity contribution in [2.24, 2.45) is 28.3 Å². The molecule has 4 rings (SSSR count). The second kappa shape index (κ2) is 7.68. The lowest BCUT2D eigenvalue weighted by Crippen LogP contribution is -2.44. The second-order valence-corrected chi connectivity index (χ2v) is 10.9. The Bertz CT molecular complexity index is 985. The maximum atomic E-state index is 12.9. The summed E-state index contributed by atoms with van der Waals surface area (Å²) in [6.45, 7) is 7.20. The molecular formula is C23H32N2O4S. The molecule has 3 aliphatic carbocycles. The highest BCUT2D eigenvalue weighted by atomic mass is 32.2. The molecule has 7 heteroatoms. The van der Waals surface area contributed by atoms with Crippen LogP contribution in [-0.2, 0) is 21.5 Å². The van der Waals surface area contributed by atoms with E-state index in [1.807, 2.05) is 12.1 Å². The Kier molecular flexibility index (Phi) is 5.47. The zero-order valence-corrected chi connectivity index (χ0v) is 18.8. The van der Waals surface area contributed by atoms with Crippen LogP contribution in [-0.4, -0.2) is 20.9 Å². The van der Waals surface area contributed by atoms with E-state index < -0.39 is 10.3 Å². The third kappa shape index (κ3) is 3.89. The lowest BCUT2D eigenvalue weighted by Gasteiger charge is -2.50. The molecule has 1 amide bonds. The molecule has 0 bridgehead atoms. The van der Waals surface area contributed by atoms with Gasteiger partial charge in [0.2, 0.25) is 5.91 Å². The van der Waals surface area contributed by atoms with Crippen molar-refractivity contribution < 1.29 is 17.4 Å². The lowest BCUT2D eigenvalue weighted by molar-refractivity contribution is -0.119. The molecule has 6 nitrogen and oxygen atoms in total. The number of fused-ring (bicyclic) bond motifs is 5. The standard InChI is InChI=1S/C23H32N2O4S/c1-14(2)13-25-22(26)21-9-8-20-19-6-4-15-12-16(29-30(24,27)28)5-7-17(15)18(19)10-11-23(20,21)3/h5,7,9,12,14,18-20H,4,6,8,10-11,13H2,1-3H3,(H,25,26)(H2,24,27,28)/t18-,19-,20+,23+/m1/s1. The van der Waals surface area contributed by atoms with Gasteiger partial charge in [-0.15, -0.1) is 0 Å². The van der Waals surface area contributed by atoms with Crippen molar-refractivity contribution in [1.82, 2.24) is 5.32 Å². The first-order valence-electron chi connectivity index (χ1n) is 10.9. The number of rotatable bonds is 5. The summed E-state index contributed by atoms with van der Waals surface area (Å²) >= 11 is 0. The van der Waals surface area contributed by atoms with Crippen LogP contribution in [0.1, 0.15) is 63.5 Å².